The Balaban J connectivity index is 2.63. The van der Waals surface area contributed by atoms with Crippen LogP contribution in [0.2, 0.25) is 0 Å². The van der Waals surface area contributed by atoms with E-state index in [2.05, 4.69) is 5.32 Å². The highest BCUT2D eigenvalue weighted by Crippen LogP contribution is 2.44. The van der Waals surface area contributed by atoms with Crippen molar-refractivity contribution in [3.05, 3.63) is 12.0 Å². The Labute approximate surface area is 166 Å². The Morgan fingerprint density at radius 2 is 1.52 bits per heavy atom. The molecule has 2 aliphatic rings. The fraction of sp³-hybridized carbons (Fsp3) is 0.611. The number of hydrogen-bond acceptors (Lipinski definition) is 10. The maximum Gasteiger partial charge on any atom is 0.307 e. The predicted octanol–water partition coefficient (Wildman–Crippen LogP) is -0.137. The van der Waals surface area contributed by atoms with Gasteiger partial charge in [-0.15, -0.1) is 0 Å². The maximum atomic E-state index is 12.0. The van der Waals surface area contributed by atoms with E-state index in [1.165, 1.54) is 6.92 Å². The Bertz CT molecular complexity index is 760. The number of fused-ring (bicyclic) bond motifs is 2. The third-order valence-corrected chi connectivity index (χ3v) is 4.33. The minimum absolute atomic E-state index is 0.138. The molecule has 0 aromatic carbocycles. The number of carbonyl (C=O) groups excluding carboxylic acids is 5. The summed E-state index contributed by atoms with van der Waals surface area (Å²) in [6.45, 7) is 5.82. The van der Waals surface area contributed by atoms with Gasteiger partial charge in [-0.2, -0.15) is 0 Å². The summed E-state index contributed by atoms with van der Waals surface area (Å²) >= 11 is 0. The van der Waals surface area contributed by atoms with E-state index in [0.29, 0.717) is 0 Å². The average molecular weight is 413 g/mol. The number of amides is 1. The van der Waals surface area contributed by atoms with Gasteiger partial charge in [-0.1, -0.05) is 0 Å². The van der Waals surface area contributed by atoms with Crippen molar-refractivity contribution in [2.24, 2.45) is 0 Å². The average Bonchev–Trinajstić information content (AvgIpc) is 2.53. The van der Waals surface area contributed by atoms with Crippen LogP contribution in [0, 0.1) is 0 Å². The topological polar surface area (TPSA) is 144 Å². The molecule has 1 aliphatic heterocycles. The minimum atomic E-state index is -1.59. The molecule has 11 heteroatoms. The Morgan fingerprint density at radius 3 is 2.00 bits per heavy atom. The van der Waals surface area contributed by atoms with Crippen molar-refractivity contribution in [1.29, 1.82) is 0 Å². The summed E-state index contributed by atoms with van der Waals surface area (Å²) in [5.41, 5.74) is -1.59. The van der Waals surface area contributed by atoms with Gasteiger partial charge in [-0.25, -0.2) is 0 Å². The number of hydrogen-bond donors (Lipinski definition) is 1. The molecule has 11 nitrogen and oxygen atoms in total. The molecular formula is C18H23NO10. The summed E-state index contributed by atoms with van der Waals surface area (Å²) in [5, 5.41) is 2.64. The van der Waals surface area contributed by atoms with Crippen LogP contribution in [0.1, 0.15) is 41.0 Å². The van der Waals surface area contributed by atoms with E-state index in [4.69, 9.17) is 23.7 Å². The summed E-state index contributed by atoms with van der Waals surface area (Å²) in [7, 11) is 0. The molecule has 2 rings (SSSR count). The number of nitrogens with one attached hydrogen (secondary N) is 1. The van der Waals surface area contributed by atoms with Gasteiger partial charge < -0.3 is 29.0 Å². The molecule has 0 spiro atoms. The minimum Gasteiger partial charge on any atom is -0.486 e. The van der Waals surface area contributed by atoms with Gasteiger partial charge in [0.1, 0.15) is 17.9 Å². The molecule has 1 saturated carbocycles. The van der Waals surface area contributed by atoms with E-state index in [9.17, 15) is 24.0 Å². The third kappa shape index (κ3) is 4.84. The van der Waals surface area contributed by atoms with Crippen molar-refractivity contribution in [1.82, 2.24) is 5.32 Å². The van der Waals surface area contributed by atoms with Crippen molar-refractivity contribution in [3.8, 4) is 0 Å². The first-order chi connectivity index (χ1) is 13.5. The summed E-state index contributed by atoms with van der Waals surface area (Å²) in [5.74, 6) is -3.45. The number of rotatable bonds is 5. The molecule has 0 radical (unpaired) electrons. The Hall–Kier alpha value is -3.11. The summed E-state index contributed by atoms with van der Waals surface area (Å²) in [6, 6.07) is 0. The van der Waals surface area contributed by atoms with Crippen molar-refractivity contribution >= 4 is 29.8 Å². The fourth-order valence-corrected chi connectivity index (χ4v) is 3.62. The van der Waals surface area contributed by atoms with E-state index >= 15 is 0 Å². The zero-order valence-electron chi connectivity index (χ0n) is 16.7. The predicted molar refractivity (Wildman–Crippen MR) is 92.5 cm³/mol. The summed E-state index contributed by atoms with van der Waals surface area (Å²) in [6.07, 6.45) is -3.73. The zero-order valence-corrected chi connectivity index (χ0v) is 16.7. The lowest BCUT2D eigenvalue weighted by Gasteiger charge is -2.53. The van der Waals surface area contributed by atoms with Crippen LogP contribution in [0.4, 0.5) is 0 Å². The molecule has 160 valence electrons. The van der Waals surface area contributed by atoms with Crippen LogP contribution in [0.25, 0.3) is 0 Å². The van der Waals surface area contributed by atoms with Crippen LogP contribution in [0.5, 0.6) is 0 Å². The second-order valence-electron chi connectivity index (χ2n) is 6.79. The molecule has 0 saturated heterocycles. The number of carbonyl (C=O) groups is 5. The lowest BCUT2D eigenvalue weighted by atomic mass is 9.71. The van der Waals surface area contributed by atoms with Crippen LogP contribution >= 0.6 is 0 Å². The molecule has 1 aliphatic carbocycles. The highest BCUT2D eigenvalue weighted by Gasteiger charge is 2.64. The van der Waals surface area contributed by atoms with E-state index < -0.39 is 59.7 Å². The molecule has 2 bridgehead atoms. The SMILES string of the molecule is CC(=O)N[C@@]12C[C@H](OC(C)=O)[C@H](OC(C)=O)[C@@H](OC=C1OC(C)=O)[C@H]2OC(C)=O. The lowest BCUT2D eigenvalue weighted by molar-refractivity contribution is -0.224. The first-order valence-electron chi connectivity index (χ1n) is 8.81. The molecule has 1 amide bonds. The van der Waals surface area contributed by atoms with E-state index in [-0.39, 0.29) is 12.2 Å². The van der Waals surface area contributed by atoms with Crippen LogP contribution in [-0.2, 0) is 47.7 Å². The van der Waals surface area contributed by atoms with Gasteiger partial charge in [-0.3, -0.25) is 24.0 Å². The molecule has 1 N–H and O–H groups in total. The molecule has 0 aromatic heterocycles. The van der Waals surface area contributed by atoms with E-state index in [1.807, 2.05) is 0 Å². The molecule has 1 fully saturated rings. The zero-order chi connectivity index (χ0) is 21.9. The van der Waals surface area contributed by atoms with Crippen LogP contribution in [-0.4, -0.2) is 59.7 Å². The fourth-order valence-electron chi connectivity index (χ4n) is 3.62. The van der Waals surface area contributed by atoms with Gasteiger partial charge in [0.15, 0.2) is 24.1 Å². The van der Waals surface area contributed by atoms with Crippen molar-refractivity contribution in [3.63, 3.8) is 0 Å². The Kier molecular flexibility index (Phi) is 6.50. The van der Waals surface area contributed by atoms with E-state index in [1.54, 1.807) is 0 Å². The molecule has 0 aromatic rings. The lowest BCUT2D eigenvalue weighted by Crippen LogP contribution is -2.73. The van der Waals surface area contributed by atoms with Crippen LogP contribution < -0.4 is 5.32 Å². The third-order valence-electron chi connectivity index (χ3n) is 4.33. The van der Waals surface area contributed by atoms with Gasteiger partial charge in [0.25, 0.3) is 0 Å². The van der Waals surface area contributed by atoms with Crippen molar-refractivity contribution in [2.45, 2.75) is 71.0 Å². The smallest absolute Gasteiger partial charge is 0.307 e. The molecular weight excluding hydrogens is 390 g/mol. The van der Waals surface area contributed by atoms with Crippen molar-refractivity contribution in [2.75, 3.05) is 0 Å². The largest absolute Gasteiger partial charge is 0.486 e. The Morgan fingerprint density at radius 1 is 0.931 bits per heavy atom. The maximum absolute atomic E-state index is 12.0. The van der Waals surface area contributed by atoms with Crippen LogP contribution in [0.3, 0.4) is 0 Å². The molecule has 5 atom stereocenters. The molecule has 29 heavy (non-hydrogen) atoms. The highest BCUT2D eigenvalue weighted by atomic mass is 16.6. The first-order valence-corrected chi connectivity index (χ1v) is 8.81. The quantitative estimate of drug-likeness (QED) is 0.478. The molecule has 0 unspecified atom stereocenters. The summed E-state index contributed by atoms with van der Waals surface area (Å²) in [4.78, 5) is 58.6. The normalized spacial score (nSPS) is 30.0. The second-order valence-corrected chi connectivity index (χ2v) is 6.79. The monoisotopic (exact) mass is 413 g/mol. The van der Waals surface area contributed by atoms with Gasteiger partial charge >= 0.3 is 23.9 Å². The van der Waals surface area contributed by atoms with E-state index in [0.717, 1.165) is 34.0 Å². The first kappa shape index (κ1) is 22.2. The van der Waals surface area contributed by atoms with Gasteiger partial charge in [0.05, 0.1) is 0 Å². The number of ether oxygens (including phenoxy) is 5. The van der Waals surface area contributed by atoms with Gasteiger partial charge in [0, 0.05) is 41.0 Å². The number of esters is 4. The molecule has 1 heterocycles. The van der Waals surface area contributed by atoms with Crippen LogP contribution in [0.15, 0.2) is 12.0 Å². The standard InChI is InChI=1S/C18H23NO10/c1-8(20)19-18-6-13(26-9(2)21)15(28-11(4)23)16(17(18)29-12(5)24)25-7-14(18)27-10(3)22/h7,13,15-17H,6H2,1-5H3,(H,19,20)/t13-,15-,16+,17+,18-/m0/s1. The van der Waals surface area contributed by atoms with Gasteiger partial charge in [0.2, 0.25) is 5.91 Å². The second kappa shape index (κ2) is 8.50. The van der Waals surface area contributed by atoms with Gasteiger partial charge in [-0.05, 0) is 0 Å². The highest BCUT2D eigenvalue weighted by molar-refractivity contribution is 5.76. The van der Waals surface area contributed by atoms with Crippen molar-refractivity contribution < 1.29 is 47.7 Å². The summed E-state index contributed by atoms with van der Waals surface area (Å²) < 4.78 is 26.8.